The van der Waals surface area contributed by atoms with Gasteiger partial charge in [-0.25, -0.2) is 9.18 Å². The Balaban J connectivity index is 1.76. The summed E-state index contributed by atoms with van der Waals surface area (Å²) < 4.78 is 29.1. The van der Waals surface area contributed by atoms with Gasteiger partial charge in [-0.05, 0) is 50.2 Å². The lowest BCUT2D eigenvalue weighted by atomic mass is 10.1. The molecule has 0 amide bonds. The molecule has 0 bridgehead atoms. The van der Waals surface area contributed by atoms with Gasteiger partial charge in [0, 0.05) is 5.56 Å². The number of hydrogen-bond acceptors (Lipinski definition) is 6. The maximum Gasteiger partial charge on any atom is 0.342 e. The van der Waals surface area contributed by atoms with Crippen LogP contribution in [0.15, 0.2) is 46.9 Å². The lowest BCUT2D eigenvalue weighted by Crippen LogP contribution is -2.11. The Kier molecular flexibility index (Phi) is 4.97. The Morgan fingerprint density at radius 3 is 2.58 bits per heavy atom. The minimum atomic E-state index is -0.755. The van der Waals surface area contributed by atoms with Gasteiger partial charge in [0.15, 0.2) is 6.10 Å². The van der Waals surface area contributed by atoms with E-state index in [0.717, 1.165) is 5.56 Å². The van der Waals surface area contributed by atoms with Gasteiger partial charge in [0.2, 0.25) is 5.89 Å². The molecular formula is C19H17FN2O4. The highest BCUT2D eigenvalue weighted by molar-refractivity contribution is 5.92. The first kappa shape index (κ1) is 17.6. The summed E-state index contributed by atoms with van der Waals surface area (Å²) in [5, 5.41) is 7.81. The molecular weight excluding hydrogens is 339 g/mol. The number of aromatic nitrogens is 2. The van der Waals surface area contributed by atoms with Crippen molar-refractivity contribution in [3.05, 3.63) is 65.3 Å². The fourth-order valence-electron chi connectivity index (χ4n) is 2.36. The van der Waals surface area contributed by atoms with Crippen LogP contribution in [-0.2, 0) is 4.74 Å². The molecule has 26 heavy (non-hydrogen) atoms. The zero-order valence-corrected chi connectivity index (χ0v) is 14.5. The second kappa shape index (κ2) is 7.35. The van der Waals surface area contributed by atoms with Gasteiger partial charge >= 0.3 is 5.97 Å². The number of esters is 1. The van der Waals surface area contributed by atoms with Gasteiger partial charge in [-0.2, -0.15) is 0 Å². The minimum absolute atomic E-state index is 0.143. The third-order valence-electron chi connectivity index (χ3n) is 3.74. The van der Waals surface area contributed by atoms with Gasteiger partial charge in [0.05, 0.1) is 7.11 Å². The maximum atomic E-state index is 13.0. The number of ether oxygens (including phenoxy) is 2. The van der Waals surface area contributed by atoms with E-state index in [1.807, 2.05) is 13.0 Å². The van der Waals surface area contributed by atoms with Crippen molar-refractivity contribution in [2.45, 2.75) is 20.0 Å². The Hall–Kier alpha value is -3.22. The molecule has 3 rings (SSSR count). The summed E-state index contributed by atoms with van der Waals surface area (Å²) in [4.78, 5) is 12.4. The van der Waals surface area contributed by atoms with E-state index in [1.54, 1.807) is 19.1 Å². The van der Waals surface area contributed by atoms with Crippen LogP contribution in [0.3, 0.4) is 0 Å². The van der Waals surface area contributed by atoms with Crippen molar-refractivity contribution in [2.24, 2.45) is 0 Å². The summed E-state index contributed by atoms with van der Waals surface area (Å²) in [7, 11) is 1.48. The summed E-state index contributed by atoms with van der Waals surface area (Å²) >= 11 is 0. The number of aryl methyl sites for hydroxylation is 1. The first-order chi connectivity index (χ1) is 12.5. The number of carbonyl (C=O) groups excluding carboxylic acids is 1. The number of methoxy groups -OCH3 is 1. The van der Waals surface area contributed by atoms with Gasteiger partial charge in [0.1, 0.15) is 17.1 Å². The van der Waals surface area contributed by atoms with Crippen LogP contribution in [0.4, 0.5) is 4.39 Å². The van der Waals surface area contributed by atoms with E-state index in [4.69, 9.17) is 13.9 Å². The third kappa shape index (κ3) is 3.72. The quantitative estimate of drug-likeness (QED) is 0.641. The molecule has 3 aromatic rings. The molecule has 1 aromatic heterocycles. The number of rotatable bonds is 5. The van der Waals surface area contributed by atoms with Crippen molar-refractivity contribution in [1.29, 1.82) is 0 Å². The Labute approximate surface area is 149 Å². The van der Waals surface area contributed by atoms with Crippen molar-refractivity contribution in [1.82, 2.24) is 10.2 Å². The summed E-state index contributed by atoms with van der Waals surface area (Å²) in [5.74, 6) is -0.131. The zero-order valence-electron chi connectivity index (χ0n) is 14.5. The molecule has 134 valence electrons. The number of benzene rings is 2. The number of carbonyl (C=O) groups is 1. The van der Waals surface area contributed by atoms with Crippen LogP contribution in [0.25, 0.3) is 11.5 Å². The second-order valence-corrected chi connectivity index (χ2v) is 5.70. The van der Waals surface area contributed by atoms with Gasteiger partial charge < -0.3 is 13.9 Å². The van der Waals surface area contributed by atoms with Crippen LogP contribution < -0.4 is 4.74 Å². The van der Waals surface area contributed by atoms with Crippen molar-refractivity contribution in [3.63, 3.8) is 0 Å². The highest BCUT2D eigenvalue weighted by Crippen LogP contribution is 2.26. The van der Waals surface area contributed by atoms with E-state index in [0.29, 0.717) is 16.9 Å². The van der Waals surface area contributed by atoms with Crippen LogP contribution in [0.1, 0.15) is 34.8 Å². The highest BCUT2D eigenvalue weighted by Gasteiger charge is 2.22. The molecule has 7 heteroatoms. The van der Waals surface area contributed by atoms with Crippen LogP contribution in [0.5, 0.6) is 5.75 Å². The SMILES string of the molecule is COc1ccc(C)cc1C(=O)O[C@H](C)c1nnc(-c2ccc(F)cc2)o1. The highest BCUT2D eigenvalue weighted by atomic mass is 19.1. The van der Waals surface area contributed by atoms with E-state index in [-0.39, 0.29) is 17.6 Å². The zero-order chi connectivity index (χ0) is 18.7. The van der Waals surface area contributed by atoms with E-state index in [9.17, 15) is 9.18 Å². The molecule has 6 nitrogen and oxygen atoms in total. The largest absolute Gasteiger partial charge is 0.496 e. The average Bonchev–Trinajstić information content (AvgIpc) is 3.12. The van der Waals surface area contributed by atoms with Gasteiger partial charge in [-0.15, -0.1) is 10.2 Å². The predicted molar refractivity (Wildman–Crippen MR) is 91.3 cm³/mol. The van der Waals surface area contributed by atoms with Crippen LogP contribution in [-0.4, -0.2) is 23.3 Å². The first-order valence-electron chi connectivity index (χ1n) is 7.93. The topological polar surface area (TPSA) is 74.5 Å². The molecule has 0 saturated heterocycles. The molecule has 2 aromatic carbocycles. The number of hydrogen-bond donors (Lipinski definition) is 0. The number of halogens is 1. The monoisotopic (exact) mass is 356 g/mol. The smallest absolute Gasteiger partial charge is 0.342 e. The molecule has 0 fully saturated rings. The van der Waals surface area contributed by atoms with Gasteiger partial charge in [0.25, 0.3) is 5.89 Å². The molecule has 0 spiro atoms. The molecule has 0 aliphatic heterocycles. The third-order valence-corrected chi connectivity index (χ3v) is 3.74. The fraction of sp³-hybridized carbons (Fsp3) is 0.211. The second-order valence-electron chi connectivity index (χ2n) is 5.70. The Morgan fingerprint density at radius 2 is 1.88 bits per heavy atom. The van der Waals surface area contributed by atoms with Crippen molar-refractivity contribution in [2.75, 3.05) is 7.11 Å². The van der Waals surface area contributed by atoms with Gasteiger partial charge in [-0.1, -0.05) is 11.6 Å². The Morgan fingerprint density at radius 1 is 1.15 bits per heavy atom. The lowest BCUT2D eigenvalue weighted by Gasteiger charge is -2.12. The van der Waals surface area contributed by atoms with E-state index in [1.165, 1.54) is 31.4 Å². The molecule has 1 heterocycles. The van der Waals surface area contributed by atoms with Crippen molar-refractivity contribution < 1.29 is 23.1 Å². The van der Waals surface area contributed by atoms with E-state index >= 15 is 0 Å². The molecule has 0 aliphatic carbocycles. The number of nitrogens with zero attached hydrogens (tertiary/aromatic N) is 2. The average molecular weight is 356 g/mol. The van der Waals surface area contributed by atoms with Crippen LogP contribution >= 0.6 is 0 Å². The normalized spacial score (nSPS) is 11.8. The summed E-state index contributed by atoms with van der Waals surface area (Å²) in [5.41, 5.74) is 1.79. The predicted octanol–water partition coefficient (Wildman–Crippen LogP) is 4.11. The summed E-state index contributed by atoms with van der Waals surface area (Å²) in [6.45, 7) is 3.49. The summed E-state index contributed by atoms with van der Waals surface area (Å²) in [6.07, 6.45) is -0.755. The molecule has 0 saturated carbocycles. The molecule has 0 unspecified atom stereocenters. The van der Waals surface area contributed by atoms with Crippen molar-refractivity contribution >= 4 is 5.97 Å². The van der Waals surface area contributed by atoms with E-state index < -0.39 is 12.1 Å². The first-order valence-corrected chi connectivity index (χ1v) is 7.93. The van der Waals surface area contributed by atoms with Crippen LogP contribution in [0, 0.1) is 12.7 Å². The Bertz CT molecular complexity index is 922. The molecule has 0 radical (unpaired) electrons. The molecule has 0 N–H and O–H groups in total. The van der Waals surface area contributed by atoms with E-state index in [2.05, 4.69) is 10.2 Å². The van der Waals surface area contributed by atoms with Gasteiger partial charge in [-0.3, -0.25) is 0 Å². The summed E-state index contributed by atoms with van der Waals surface area (Å²) in [6, 6.07) is 10.9. The molecule has 1 atom stereocenters. The molecule has 0 aliphatic rings. The standard InChI is InChI=1S/C19H17FN2O4/c1-11-4-9-16(24-3)15(10-11)19(23)25-12(2)17-21-22-18(26-17)13-5-7-14(20)8-6-13/h4-10,12H,1-3H3/t12-/m1/s1. The minimum Gasteiger partial charge on any atom is -0.496 e. The fourth-order valence-corrected chi connectivity index (χ4v) is 2.36. The maximum absolute atomic E-state index is 13.0. The van der Waals surface area contributed by atoms with Crippen molar-refractivity contribution in [3.8, 4) is 17.2 Å². The van der Waals surface area contributed by atoms with Crippen LogP contribution in [0.2, 0.25) is 0 Å². The lowest BCUT2D eigenvalue weighted by molar-refractivity contribution is 0.0276.